The Kier molecular flexibility index (Phi) is 2.88. The molecule has 3 nitrogen and oxygen atoms in total. The van der Waals surface area contributed by atoms with Gasteiger partial charge in [0.25, 0.3) is 0 Å². The molecule has 0 fully saturated rings. The Balaban J connectivity index is 2.36. The average Bonchev–Trinajstić information content (AvgIpc) is 2.52. The SMILES string of the molecule is CC(C)NCc1cc2cc(N)ccc2n1C. The van der Waals surface area contributed by atoms with Gasteiger partial charge in [0.05, 0.1) is 0 Å². The van der Waals surface area contributed by atoms with Crippen molar-refractivity contribution in [1.29, 1.82) is 0 Å². The molecule has 0 bridgehead atoms. The highest BCUT2D eigenvalue weighted by molar-refractivity contribution is 5.84. The summed E-state index contributed by atoms with van der Waals surface area (Å²) in [5, 5.41) is 4.64. The first-order valence-corrected chi connectivity index (χ1v) is 5.65. The first-order valence-electron chi connectivity index (χ1n) is 5.65. The summed E-state index contributed by atoms with van der Waals surface area (Å²) in [6, 6.07) is 8.74. The van der Waals surface area contributed by atoms with Crippen LogP contribution in [0.25, 0.3) is 10.9 Å². The van der Waals surface area contributed by atoms with E-state index in [9.17, 15) is 0 Å². The Morgan fingerprint density at radius 1 is 1.31 bits per heavy atom. The summed E-state index contributed by atoms with van der Waals surface area (Å²) >= 11 is 0. The molecule has 2 aromatic rings. The standard InChI is InChI=1S/C13H19N3/c1-9(2)15-8-12-7-10-6-11(14)4-5-13(10)16(12)3/h4-7,9,15H,8,14H2,1-3H3. The minimum Gasteiger partial charge on any atom is -0.399 e. The Labute approximate surface area is 96.2 Å². The zero-order chi connectivity index (χ0) is 11.7. The largest absolute Gasteiger partial charge is 0.399 e. The van der Waals surface area contributed by atoms with Gasteiger partial charge in [-0.2, -0.15) is 0 Å². The molecule has 2 rings (SSSR count). The Hall–Kier alpha value is -1.48. The summed E-state index contributed by atoms with van der Waals surface area (Å²) in [5.41, 5.74) is 9.12. The third kappa shape index (κ3) is 2.04. The van der Waals surface area contributed by atoms with Gasteiger partial charge in [0.15, 0.2) is 0 Å². The van der Waals surface area contributed by atoms with Crippen molar-refractivity contribution in [3.05, 3.63) is 30.0 Å². The zero-order valence-corrected chi connectivity index (χ0v) is 10.1. The van der Waals surface area contributed by atoms with Crippen molar-refractivity contribution in [2.75, 3.05) is 5.73 Å². The highest BCUT2D eigenvalue weighted by Crippen LogP contribution is 2.21. The van der Waals surface area contributed by atoms with Crippen LogP contribution in [0.5, 0.6) is 0 Å². The number of anilines is 1. The molecule has 0 saturated carbocycles. The number of benzene rings is 1. The summed E-state index contributed by atoms with van der Waals surface area (Å²) in [5.74, 6) is 0. The normalized spacial score (nSPS) is 11.5. The first kappa shape index (κ1) is 11.0. The minimum atomic E-state index is 0.503. The monoisotopic (exact) mass is 217 g/mol. The number of nitrogens with two attached hydrogens (primary N) is 1. The van der Waals surface area contributed by atoms with Gasteiger partial charge in [-0.15, -0.1) is 0 Å². The fraction of sp³-hybridized carbons (Fsp3) is 0.385. The van der Waals surface area contributed by atoms with Crippen LogP contribution in [0.15, 0.2) is 24.3 Å². The summed E-state index contributed by atoms with van der Waals surface area (Å²) in [6.45, 7) is 5.20. The van der Waals surface area contributed by atoms with E-state index in [-0.39, 0.29) is 0 Å². The average molecular weight is 217 g/mol. The van der Waals surface area contributed by atoms with Crippen molar-refractivity contribution in [3.8, 4) is 0 Å². The third-order valence-corrected chi connectivity index (χ3v) is 2.86. The van der Waals surface area contributed by atoms with E-state index in [1.165, 1.54) is 16.6 Å². The maximum Gasteiger partial charge on any atom is 0.0481 e. The molecule has 0 saturated heterocycles. The lowest BCUT2D eigenvalue weighted by atomic mass is 10.2. The summed E-state index contributed by atoms with van der Waals surface area (Å²) in [6.07, 6.45) is 0. The molecule has 16 heavy (non-hydrogen) atoms. The Morgan fingerprint density at radius 3 is 2.75 bits per heavy atom. The van der Waals surface area contributed by atoms with Gasteiger partial charge in [0.1, 0.15) is 0 Å². The summed E-state index contributed by atoms with van der Waals surface area (Å²) in [7, 11) is 2.09. The van der Waals surface area contributed by atoms with E-state index in [4.69, 9.17) is 5.73 Å². The van der Waals surface area contributed by atoms with E-state index < -0.39 is 0 Å². The number of aryl methyl sites for hydroxylation is 1. The third-order valence-electron chi connectivity index (χ3n) is 2.86. The molecule has 1 aromatic heterocycles. The van der Waals surface area contributed by atoms with E-state index >= 15 is 0 Å². The van der Waals surface area contributed by atoms with Crippen LogP contribution in [0.1, 0.15) is 19.5 Å². The van der Waals surface area contributed by atoms with Crippen LogP contribution in [0.3, 0.4) is 0 Å². The van der Waals surface area contributed by atoms with Gasteiger partial charge in [0, 0.05) is 41.9 Å². The zero-order valence-electron chi connectivity index (χ0n) is 10.1. The number of nitrogen functional groups attached to an aromatic ring is 1. The van der Waals surface area contributed by atoms with Crippen molar-refractivity contribution in [2.24, 2.45) is 7.05 Å². The molecule has 86 valence electrons. The summed E-state index contributed by atoms with van der Waals surface area (Å²) in [4.78, 5) is 0. The quantitative estimate of drug-likeness (QED) is 0.774. The fourth-order valence-corrected chi connectivity index (χ4v) is 1.90. The molecule has 3 heteroatoms. The van der Waals surface area contributed by atoms with Gasteiger partial charge in [-0.05, 0) is 24.3 Å². The van der Waals surface area contributed by atoms with E-state index in [2.05, 4.69) is 42.9 Å². The second-order valence-corrected chi connectivity index (χ2v) is 4.55. The van der Waals surface area contributed by atoms with E-state index in [0.717, 1.165) is 12.2 Å². The molecular formula is C13H19N3. The molecule has 1 aromatic carbocycles. The highest BCUT2D eigenvalue weighted by atomic mass is 15.0. The summed E-state index contributed by atoms with van der Waals surface area (Å²) < 4.78 is 2.21. The van der Waals surface area contributed by atoms with Crippen LogP contribution in [0.4, 0.5) is 5.69 Å². The van der Waals surface area contributed by atoms with Crippen molar-refractivity contribution in [3.63, 3.8) is 0 Å². The maximum atomic E-state index is 5.78. The van der Waals surface area contributed by atoms with Crippen LogP contribution in [-0.2, 0) is 13.6 Å². The molecular weight excluding hydrogens is 198 g/mol. The van der Waals surface area contributed by atoms with Gasteiger partial charge < -0.3 is 15.6 Å². The Morgan fingerprint density at radius 2 is 2.06 bits per heavy atom. The number of rotatable bonds is 3. The van der Waals surface area contributed by atoms with Crippen molar-refractivity contribution < 1.29 is 0 Å². The number of hydrogen-bond acceptors (Lipinski definition) is 2. The molecule has 1 heterocycles. The lowest BCUT2D eigenvalue weighted by Gasteiger charge is -2.08. The predicted molar refractivity (Wildman–Crippen MR) is 69.3 cm³/mol. The molecule has 0 radical (unpaired) electrons. The number of fused-ring (bicyclic) bond motifs is 1. The smallest absolute Gasteiger partial charge is 0.0481 e. The van der Waals surface area contributed by atoms with Gasteiger partial charge in [0.2, 0.25) is 0 Å². The van der Waals surface area contributed by atoms with Crippen LogP contribution < -0.4 is 11.1 Å². The van der Waals surface area contributed by atoms with Gasteiger partial charge >= 0.3 is 0 Å². The molecule has 0 amide bonds. The molecule has 0 aliphatic carbocycles. The molecule has 0 spiro atoms. The number of nitrogens with one attached hydrogen (secondary N) is 1. The van der Waals surface area contributed by atoms with Crippen LogP contribution in [0.2, 0.25) is 0 Å². The molecule has 0 aliphatic rings. The second kappa shape index (κ2) is 4.18. The fourth-order valence-electron chi connectivity index (χ4n) is 1.90. The lowest BCUT2D eigenvalue weighted by molar-refractivity contribution is 0.572. The van der Waals surface area contributed by atoms with Crippen molar-refractivity contribution in [1.82, 2.24) is 9.88 Å². The van der Waals surface area contributed by atoms with Gasteiger partial charge in [-0.25, -0.2) is 0 Å². The van der Waals surface area contributed by atoms with Crippen LogP contribution >= 0.6 is 0 Å². The second-order valence-electron chi connectivity index (χ2n) is 4.55. The van der Waals surface area contributed by atoms with Crippen molar-refractivity contribution >= 4 is 16.6 Å². The maximum absolute atomic E-state index is 5.78. The molecule has 0 aliphatic heterocycles. The minimum absolute atomic E-state index is 0.503. The van der Waals surface area contributed by atoms with Gasteiger partial charge in [-0.1, -0.05) is 13.8 Å². The van der Waals surface area contributed by atoms with E-state index in [1.54, 1.807) is 0 Å². The number of nitrogens with zero attached hydrogens (tertiary/aromatic N) is 1. The van der Waals surface area contributed by atoms with Crippen LogP contribution in [-0.4, -0.2) is 10.6 Å². The van der Waals surface area contributed by atoms with Crippen LogP contribution in [0, 0.1) is 0 Å². The lowest BCUT2D eigenvalue weighted by Crippen LogP contribution is -2.22. The van der Waals surface area contributed by atoms with E-state index in [1.807, 2.05) is 12.1 Å². The molecule has 3 N–H and O–H groups in total. The van der Waals surface area contributed by atoms with E-state index in [0.29, 0.717) is 6.04 Å². The number of aromatic nitrogens is 1. The topological polar surface area (TPSA) is 43.0 Å². The van der Waals surface area contributed by atoms with Crippen molar-refractivity contribution in [2.45, 2.75) is 26.4 Å². The number of hydrogen-bond donors (Lipinski definition) is 2. The Bertz CT molecular complexity index is 497. The highest BCUT2D eigenvalue weighted by Gasteiger charge is 2.05. The van der Waals surface area contributed by atoms with Gasteiger partial charge in [-0.3, -0.25) is 0 Å². The molecule has 0 atom stereocenters. The molecule has 0 unspecified atom stereocenters. The predicted octanol–water partition coefficient (Wildman–Crippen LogP) is 2.26. The first-order chi connectivity index (χ1) is 7.58.